The quantitative estimate of drug-likeness (QED) is 0.787. The van der Waals surface area contributed by atoms with Crippen molar-refractivity contribution >= 4 is 11.8 Å². The molecule has 3 N–H and O–H groups in total. The smallest absolute Gasteiger partial charge is 0.311 e. The van der Waals surface area contributed by atoms with Crippen LogP contribution in [0.3, 0.4) is 0 Å². The van der Waals surface area contributed by atoms with E-state index in [0.29, 0.717) is 5.56 Å². The molecular weight excluding hydrogens is 248 g/mol. The van der Waals surface area contributed by atoms with E-state index in [2.05, 4.69) is 10.3 Å². The van der Waals surface area contributed by atoms with Crippen molar-refractivity contribution in [3.8, 4) is 11.1 Å². The molecule has 1 aromatic carbocycles. The lowest BCUT2D eigenvalue weighted by Crippen LogP contribution is -2.29. The Balaban J connectivity index is 2.11. The molecule has 1 heterocycles. The van der Waals surface area contributed by atoms with Crippen molar-refractivity contribution in [1.82, 2.24) is 5.48 Å². The van der Waals surface area contributed by atoms with Crippen molar-refractivity contribution in [3.05, 3.63) is 48.4 Å². The second-order valence-corrected chi connectivity index (χ2v) is 3.72. The van der Waals surface area contributed by atoms with Crippen LogP contribution in [0.5, 0.6) is 0 Å². The van der Waals surface area contributed by atoms with Crippen LogP contribution >= 0.6 is 0 Å². The summed E-state index contributed by atoms with van der Waals surface area (Å²) in [6.45, 7) is -0.396. The number of hydrogen-bond donors (Lipinski definition) is 2. The number of rotatable bonds is 5. The molecule has 6 heteroatoms. The first kappa shape index (κ1) is 12.8. The van der Waals surface area contributed by atoms with Crippen molar-refractivity contribution < 1.29 is 18.8 Å². The van der Waals surface area contributed by atoms with Gasteiger partial charge in [-0.15, -0.1) is 0 Å². The van der Waals surface area contributed by atoms with Crippen LogP contribution in [-0.2, 0) is 9.63 Å². The van der Waals surface area contributed by atoms with Crippen molar-refractivity contribution in [1.29, 1.82) is 0 Å². The maximum absolute atomic E-state index is 11.8. The highest BCUT2D eigenvalue weighted by atomic mass is 16.7. The third kappa shape index (κ3) is 3.20. The van der Waals surface area contributed by atoms with Gasteiger partial charge < -0.3 is 10.2 Å². The SMILES string of the molecule is NC(=O)CONC(=O)c1occc1-c1ccccc1. The molecule has 19 heavy (non-hydrogen) atoms. The molecule has 0 saturated carbocycles. The number of hydroxylamine groups is 1. The molecule has 0 aliphatic rings. The molecule has 0 unspecified atom stereocenters. The second-order valence-electron chi connectivity index (χ2n) is 3.72. The summed E-state index contributed by atoms with van der Waals surface area (Å²) >= 11 is 0. The summed E-state index contributed by atoms with van der Waals surface area (Å²) in [6.07, 6.45) is 1.41. The summed E-state index contributed by atoms with van der Waals surface area (Å²) in [5.41, 5.74) is 8.46. The second kappa shape index (κ2) is 5.83. The molecule has 0 fully saturated rings. The molecule has 0 saturated heterocycles. The first-order chi connectivity index (χ1) is 9.18. The van der Waals surface area contributed by atoms with Crippen LogP contribution in [0.1, 0.15) is 10.6 Å². The van der Waals surface area contributed by atoms with Gasteiger partial charge in [0.05, 0.1) is 6.26 Å². The number of nitrogens with two attached hydrogens (primary N) is 1. The van der Waals surface area contributed by atoms with Gasteiger partial charge in [0, 0.05) is 5.56 Å². The van der Waals surface area contributed by atoms with E-state index < -0.39 is 18.4 Å². The Morgan fingerprint density at radius 3 is 2.63 bits per heavy atom. The predicted molar refractivity (Wildman–Crippen MR) is 66.8 cm³/mol. The van der Waals surface area contributed by atoms with Crippen molar-refractivity contribution in [2.75, 3.05) is 6.61 Å². The highest BCUT2D eigenvalue weighted by Gasteiger charge is 2.16. The van der Waals surface area contributed by atoms with Gasteiger partial charge in [0.25, 0.3) is 0 Å². The van der Waals surface area contributed by atoms with Crippen molar-refractivity contribution in [2.45, 2.75) is 0 Å². The van der Waals surface area contributed by atoms with Crippen LogP contribution in [-0.4, -0.2) is 18.4 Å². The van der Waals surface area contributed by atoms with Gasteiger partial charge in [0.15, 0.2) is 6.61 Å². The van der Waals surface area contributed by atoms with Gasteiger partial charge in [-0.25, -0.2) is 5.48 Å². The molecule has 0 aliphatic heterocycles. The third-order valence-electron chi connectivity index (χ3n) is 2.34. The van der Waals surface area contributed by atoms with Gasteiger partial charge in [-0.2, -0.15) is 0 Å². The minimum atomic E-state index is -0.678. The fraction of sp³-hybridized carbons (Fsp3) is 0.0769. The van der Waals surface area contributed by atoms with Crippen LogP contribution in [0.2, 0.25) is 0 Å². The average molecular weight is 260 g/mol. The fourth-order valence-electron chi connectivity index (χ4n) is 1.55. The maximum atomic E-state index is 11.8. The number of furan rings is 1. The summed E-state index contributed by atoms with van der Waals surface area (Å²) in [5.74, 6) is -1.15. The molecule has 6 nitrogen and oxygen atoms in total. The van der Waals surface area contributed by atoms with E-state index in [0.717, 1.165) is 5.56 Å². The number of carbonyl (C=O) groups excluding carboxylic acids is 2. The van der Waals surface area contributed by atoms with Crippen LogP contribution in [0.4, 0.5) is 0 Å². The molecule has 0 spiro atoms. The first-order valence-electron chi connectivity index (χ1n) is 5.52. The summed E-state index contributed by atoms with van der Waals surface area (Å²) < 4.78 is 5.13. The maximum Gasteiger partial charge on any atom is 0.311 e. The third-order valence-corrected chi connectivity index (χ3v) is 2.34. The number of hydrogen-bond acceptors (Lipinski definition) is 4. The number of nitrogens with one attached hydrogen (secondary N) is 1. The van der Waals surface area contributed by atoms with Crippen LogP contribution in [0, 0.1) is 0 Å². The lowest BCUT2D eigenvalue weighted by atomic mass is 10.1. The molecule has 0 atom stereocenters. The average Bonchev–Trinajstić information content (AvgIpc) is 2.88. The molecule has 1 aromatic heterocycles. The number of amides is 2. The monoisotopic (exact) mass is 260 g/mol. The summed E-state index contributed by atoms with van der Waals surface area (Å²) in [4.78, 5) is 26.9. The Hall–Kier alpha value is -2.60. The molecule has 0 bridgehead atoms. The molecule has 0 aliphatic carbocycles. The van der Waals surface area contributed by atoms with E-state index in [4.69, 9.17) is 10.2 Å². The van der Waals surface area contributed by atoms with Crippen LogP contribution in [0.15, 0.2) is 47.1 Å². The highest BCUT2D eigenvalue weighted by Crippen LogP contribution is 2.24. The molecule has 2 aromatic rings. The zero-order valence-corrected chi connectivity index (χ0v) is 9.96. The standard InChI is InChI=1S/C13H12N2O4/c14-11(16)8-19-15-13(17)12-10(6-7-18-12)9-4-2-1-3-5-9/h1-7H,8H2,(H2,14,16)(H,15,17). The van der Waals surface area contributed by atoms with Crippen LogP contribution < -0.4 is 11.2 Å². The van der Waals surface area contributed by atoms with Crippen molar-refractivity contribution in [2.24, 2.45) is 5.73 Å². The van der Waals surface area contributed by atoms with E-state index in [9.17, 15) is 9.59 Å². The summed E-state index contributed by atoms with van der Waals surface area (Å²) in [5, 5.41) is 0. The van der Waals surface area contributed by atoms with E-state index in [1.54, 1.807) is 6.07 Å². The lowest BCUT2D eigenvalue weighted by molar-refractivity contribution is -0.124. The first-order valence-corrected chi connectivity index (χ1v) is 5.52. The number of carbonyl (C=O) groups is 2. The molecular formula is C13H12N2O4. The minimum absolute atomic E-state index is 0.107. The zero-order valence-electron chi connectivity index (χ0n) is 9.96. The van der Waals surface area contributed by atoms with E-state index in [-0.39, 0.29) is 5.76 Å². The predicted octanol–water partition coefficient (Wildman–Crippen LogP) is 1.09. The van der Waals surface area contributed by atoms with E-state index in [1.165, 1.54) is 6.26 Å². The lowest BCUT2D eigenvalue weighted by Gasteiger charge is -2.04. The Labute approximate surface area is 109 Å². The zero-order chi connectivity index (χ0) is 13.7. The largest absolute Gasteiger partial charge is 0.458 e. The summed E-state index contributed by atoms with van der Waals surface area (Å²) in [6, 6.07) is 11.0. The van der Waals surface area contributed by atoms with Gasteiger partial charge in [-0.05, 0) is 11.6 Å². The number of primary amides is 1. The highest BCUT2D eigenvalue weighted by molar-refractivity contribution is 5.97. The summed E-state index contributed by atoms with van der Waals surface area (Å²) in [7, 11) is 0. The van der Waals surface area contributed by atoms with E-state index in [1.807, 2.05) is 30.3 Å². The molecule has 0 radical (unpaired) electrons. The molecule has 98 valence electrons. The Kier molecular flexibility index (Phi) is 3.94. The van der Waals surface area contributed by atoms with Gasteiger partial charge in [-0.3, -0.25) is 14.4 Å². The topological polar surface area (TPSA) is 94.6 Å². The Bertz CT molecular complexity index is 577. The fourth-order valence-corrected chi connectivity index (χ4v) is 1.55. The van der Waals surface area contributed by atoms with Gasteiger partial charge in [-0.1, -0.05) is 30.3 Å². The van der Waals surface area contributed by atoms with Crippen LogP contribution in [0.25, 0.3) is 11.1 Å². The van der Waals surface area contributed by atoms with Crippen molar-refractivity contribution in [3.63, 3.8) is 0 Å². The molecule has 2 amide bonds. The normalized spacial score (nSPS) is 10.1. The van der Waals surface area contributed by atoms with Gasteiger partial charge >= 0.3 is 5.91 Å². The Morgan fingerprint density at radius 2 is 1.95 bits per heavy atom. The van der Waals surface area contributed by atoms with Gasteiger partial charge in [0.1, 0.15) is 0 Å². The number of benzene rings is 1. The minimum Gasteiger partial charge on any atom is -0.458 e. The van der Waals surface area contributed by atoms with E-state index >= 15 is 0 Å². The Morgan fingerprint density at radius 1 is 1.21 bits per heavy atom. The molecule has 2 rings (SSSR count). The van der Waals surface area contributed by atoms with Gasteiger partial charge in [0.2, 0.25) is 11.7 Å².